The van der Waals surface area contributed by atoms with Crippen LogP contribution in [0.15, 0.2) is 36.4 Å². The van der Waals surface area contributed by atoms with Crippen molar-refractivity contribution in [3.8, 4) is 23.0 Å². The molecule has 0 bridgehead atoms. The van der Waals surface area contributed by atoms with Crippen LogP contribution in [0.4, 0.5) is 0 Å². The Hall–Kier alpha value is -3.50. The van der Waals surface area contributed by atoms with E-state index in [-0.39, 0.29) is 25.4 Å². The molecule has 2 aromatic carbocycles. The average molecular weight is 551 g/mol. The van der Waals surface area contributed by atoms with E-state index < -0.39 is 0 Å². The predicted molar refractivity (Wildman–Crippen MR) is 147 cm³/mol. The largest absolute Gasteiger partial charge is 0.454 e. The summed E-state index contributed by atoms with van der Waals surface area (Å²) in [4.78, 5) is 34.2. The molecule has 40 heavy (non-hydrogen) atoms. The monoisotopic (exact) mass is 550 g/mol. The molecule has 0 atom stereocenters. The molecule has 0 unspecified atom stereocenters. The van der Waals surface area contributed by atoms with Crippen molar-refractivity contribution in [3.63, 3.8) is 0 Å². The molecule has 0 radical (unpaired) electrons. The zero-order valence-corrected chi connectivity index (χ0v) is 23.0. The van der Waals surface area contributed by atoms with Gasteiger partial charge in [-0.2, -0.15) is 0 Å². The first-order valence-electron chi connectivity index (χ1n) is 14.4. The van der Waals surface area contributed by atoms with Crippen molar-refractivity contribution < 1.29 is 28.5 Å². The second-order valence-electron chi connectivity index (χ2n) is 10.9. The fourth-order valence-corrected chi connectivity index (χ4v) is 5.77. The van der Waals surface area contributed by atoms with Gasteiger partial charge in [0.1, 0.15) is 0 Å². The van der Waals surface area contributed by atoms with Gasteiger partial charge in [0.2, 0.25) is 25.4 Å². The highest BCUT2D eigenvalue weighted by Gasteiger charge is 2.24. The first kappa shape index (κ1) is 26.7. The summed E-state index contributed by atoms with van der Waals surface area (Å²) in [6.07, 6.45) is 2.54. The minimum Gasteiger partial charge on any atom is -0.454 e. The van der Waals surface area contributed by atoms with Crippen molar-refractivity contribution in [2.24, 2.45) is 0 Å². The van der Waals surface area contributed by atoms with Crippen LogP contribution in [0.1, 0.15) is 36.8 Å². The molecule has 4 aliphatic heterocycles. The Morgan fingerprint density at radius 2 is 0.950 bits per heavy atom. The second kappa shape index (κ2) is 12.3. The molecule has 0 aromatic heterocycles. The van der Waals surface area contributed by atoms with E-state index in [1.165, 1.54) is 11.1 Å². The van der Waals surface area contributed by atoms with Gasteiger partial charge in [0.15, 0.2) is 23.0 Å². The predicted octanol–water partition coefficient (Wildman–Crippen LogP) is 2.69. The zero-order chi connectivity index (χ0) is 27.3. The van der Waals surface area contributed by atoms with E-state index in [1.807, 2.05) is 34.1 Å². The molecule has 2 amide bonds. The summed E-state index contributed by atoms with van der Waals surface area (Å²) in [7, 11) is 0. The van der Waals surface area contributed by atoms with Crippen LogP contribution in [0, 0.1) is 0 Å². The Kier molecular flexibility index (Phi) is 8.24. The van der Waals surface area contributed by atoms with E-state index in [0.29, 0.717) is 12.8 Å². The van der Waals surface area contributed by atoms with Crippen molar-refractivity contribution in [1.29, 1.82) is 0 Å². The lowest BCUT2D eigenvalue weighted by Crippen LogP contribution is -2.48. The van der Waals surface area contributed by atoms with Gasteiger partial charge in [0.05, 0.1) is 0 Å². The van der Waals surface area contributed by atoms with Crippen molar-refractivity contribution in [3.05, 3.63) is 47.5 Å². The first-order valence-corrected chi connectivity index (χ1v) is 14.4. The molecule has 214 valence electrons. The molecule has 0 spiro atoms. The normalized spacial score (nSPS) is 18.8. The van der Waals surface area contributed by atoms with Crippen LogP contribution in [0.3, 0.4) is 0 Å². The average Bonchev–Trinajstić information content (AvgIpc) is 3.65. The van der Waals surface area contributed by atoms with E-state index in [2.05, 4.69) is 21.9 Å². The molecule has 4 heterocycles. The van der Waals surface area contributed by atoms with E-state index in [4.69, 9.17) is 18.9 Å². The molecular weight excluding hydrogens is 512 g/mol. The van der Waals surface area contributed by atoms with E-state index >= 15 is 0 Å². The van der Waals surface area contributed by atoms with Crippen LogP contribution in [-0.2, 0) is 22.7 Å². The highest BCUT2D eigenvalue weighted by atomic mass is 16.7. The van der Waals surface area contributed by atoms with E-state index in [9.17, 15) is 9.59 Å². The van der Waals surface area contributed by atoms with Gasteiger partial charge in [-0.1, -0.05) is 12.1 Å². The molecule has 6 rings (SSSR count). The van der Waals surface area contributed by atoms with Crippen molar-refractivity contribution >= 4 is 11.8 Å². The van der Waals surface area contributed by atoms with Crippen LogP contribution < -0.4 is 18.9 Å². The van der Waals surface area contributed by atoms with E-state index in [0.717, 1.165) is 101 Å². The van der Waals surface area contributed by atoms with Crippen LogP contribution in [0.2, 0.25) is 0 Å². The third-order valence-corrected chi connectivity index (χ3v) is 8.17. The number of hydrogen-bond acceptors (Lipinski definition) is 8. The Morgan fingerprint density at radius 3 is 1.38 bits per heavy atom. The van der Waals surface area contributed by atoms with Gasteiger partial charge < -0.3 is 28.7 Å². The van der Waals surface area contributed by atoms with Gasteiger partial charge in [-0.15, -0.1) is 0 Å². The lowest BCUT2D eigenvalue weighted by Gasteiger charge is -2.35. The fourth-order valence-electron chi connectivity index (χ4n) is 5.77. The lowest BCUT2D eigenvalue weighted by atomic mass is 10.1. The summed E-state index contributed by atoms with van der Waals surface area (Å²) in [5.74, 6) is 3.63. The van der Waals surface area contributed by atoms with Crippen LogP contribution in [0.5, 0.6) is 23.0 Å². The number of unbranched alkanes of at least 4 members (excludes halogenated alkanes) is 1. The second-order valence-corrected chi connectivity index (χ2v) is 10.9. The third-order valence-electron chi connectivity index (χ3n) is 8.17. The Bertz CT molecular complexity index is 1110. The molecular formula is C30H38N4O6. The molecule has 2 saturated heterocycles. The topological polar surface area (TPSA) is 84.0 Å². The Morgan fingerprint density at radius 1 is 0.550 bits per heavy atom. The number of piperazine rings is 2. The quantitative estimate of drug-likeness (QED) is 0.441. The number of hydrogen-bond donors (Lipinski definition) is 0. The molecule has 0 aliphatic carbocycles. The van der Waals surface area contributed by atoms with Crippen molar-refractivity contribution in [2.75, 3.05) is 65.9 Å². The summed E-state index contributed by atoms with van der Waals surface area (Å²) >= 11 is 0. The standard InChI is InChI=1S/C30H38N4O6/c35-29(33-13-9-31(10-14-33)19-23-5-7-25-27(17-23)39-21-37-25)3-1-2-4-30(36)34-15-11-32(12-16-34)20-24-6-8-26-28(18-24)40-22-38-26/h5-8,17-18H,1-4,9-16,19-22H2. The van der Waals surface area contributed by atoms with Crippen LogP contribution in [-0.4, -0.2) is 97.4 Å². The minimum absolute atomic E-state index is 0.201. The van der Waals surface area contributed by atoms with Gasteiger partial charge in [-0.05, 0) is 48.2 Å². The maximum Gasteiger partial charge on any atom is 0.231 e. The highest BCUT2D eigenvalue weighted by molar-refractivity contribution is 5.77. The molecule has 0 saturated carbocycles. The van der Waals surface area contributed by atoms with E-state index in [1.54, 1.807) is 0 Å². The first-order chi connectivity index (χ1) is 19.6. The fraction of sp³-hybridized carbons (Fsp3) is 0.533. The van der Waals surface area contributed by atoms with Crippen molar-refractivity contribution in [1.82, 2.24) is 19.6 Å². The maximum atomic E-state index is 12.7. The van der Waals surface area contributed by atoms with Gasteiger partial charge in [-0.3, -0.25) is 19.4 Å². The number of carbonyl (C=O) groups is 2. The summed E-state index contributed by atoms with van der Waals surface area (Å²) < 4.78 is 21.7. The Balaban J connectivity index is 0.841. The number of amides is 2. The molecule has 2 aromatic rings. The molecule has 2 fully saturated rings. The smallest absolute Gasteiger partial charge is 0.231 e. The SMILES string of the molecule is O=C(CCCCC(=O)N1CCN(Cc2ccc3c(c2)OCO3)CC1)N1CCN(Cc2ccc3c(c2)OCO3)CC1. The molecule has 10 heteroatoms. The zero-order valence-electron chi connectivity index (χ0n) is 23.0. The third kappa shape index (κ3) is 6.45. The highest BCUT2D eigenvalue weighted by Crippen LogP contribution is 2.34. The number of rotatable bonds is 9. The number of nitrogens with zero attached hydrogens (tertiary/aromatic N) is 4. The molecule has 4 aliphatic rings. The Labute approximate surface area is 235 Å². The summed E-state index contributed by atoms with van der Waals surface area (Å²) in [6, 6.07) is 12.2. The summed E-state index contributed by atoms with van der Waals surface area (Å²) in [5.41, 5.74) is 2.39. The number of benzene rings is 2. The van der Waals surface area contributed by atoms with Gasteiger partial charge in [0, 0.05) is 78.3 Å². The van der Waals surface area contributed by atoms with Gasteiger partial charge in [-0.25, -0.2) is 0 Å². The minimum atomic E-state index is 0.201. The maximum absolute atomic E-state index is 12.7. The van der Waals surface area contributed by atoms with Gasteiger partial charge in [0.25, 0.3) is 0 Å². The van der Waals surface area contributed by atoms with Crippen LogP contribution >= 0.6 is 0 Å². The number of ether oxygens (including phenoxy) is 4. The lowest BCUT2D eigenvalue weighted by molar-refractivity contribution is -0.135. The van der Waals surface area contributed by atoms with Gasteiger partial charge >= 0.3 is 0 Å². The molecule has 10 nitrogen and oxygen atoms in total. The summed E-state index contributed by atoms with van der Waals surface area (Å²) in [6.45, 7) is 8.69. The summed E-state index contributed by atoms with van der Waals surface area (Å²) in [5, 5.41) is 0. The van der Waals surface area contributed by atoms with Crippen molar-refractivity contribution in [2.45, 2.75) is 38.8 Å². The van der Waals surface area contributed by atoms with Crippen LogP contribution in [0.25, 0.3) is 0 Å². The number of fused-ring (bicyclic) bond motifs is 2. The molecule has 0 N–H and O–H groups in total. The number of carbonyl (C=O) groups excluding carboxylic acids is 2.